The van der Waals surface area contributed by atoms with Gasteiger partial charge in [0.15, 0.2) is 12.4 Å². The van der Waals surface area contributed by atoms with E-state index >= 15 is 0 Å². The number of nitrogens with one attached hydrogen (secondary N) is 1. The first kappa shape index (κ1) is 12.9. The molecule has 1 unspecified atom stereocenters. The van der Waals surface area contributed by atoms with Gasteiger partial charge >= 0.3 is 5.69 Å². The standard InChI is InChI=1S/C10H15FN4O3/c1-13-8-5(4-16)18-9(7(8)11)15-3-2-6(12)14-10(15)17/h2-3,5,7-9,13,16H,4H2,1H3,(H2,12,14,17)/t5-,7+,8+,9?/m1/s1. The van der Waals surface area contributed by atoms with Crippen molar-refractivity contribution in [3.8, 4) is 0 Å². The summed E-state index contributed by atoms with van der Waals surface area (Å²) in [7, 11) is 1.57. The second-order valence-corrected chi connectivity index (χ2v) is 4.05. The number of alkyl halides is 1. The van der Waals surface area contributed by atoms with Crippen LogP contribution in [0.15, 0.2) is 17.1 Å². The van der Waals surface area contributed by atoms with Crippen LogP contribution >= 0.6 is 0 Å². The molecular weight excluding hydrogens is 243 g/mol. The molecule has 1 saturated heterocycles. The number of anilines is 1. The smallest absolute Gasteiger partial charge is 0.351 e. The van der Waals surface area contributed by atoms with Gasteiger partial charge in [-0.3, -0.25) is 4.57 Å². The largest absolute Gasteiger partial charge is 0.394 e. The zero-order valence-electron chi connectivity index (χ0n) is 9.78. The summed E-state index contributed by atoms with van der Waals surface area (Å²) in [6, 6.07) is 0.711. The van der Waals surface area contributed by atoms with Crippen LogP contribution in [0.3, 0.4) is 0 Å². The maximum absolute atomic E-state index is 14.1. The number of nitrogens with two attached hydrogens (primary N) is 1. The van der Waals surface area contributed by atoms with Crippen molar-refractivity contribution in [2.75, 3.05) is 19.4 Å². The van der Waals surface area contributed by atoms with Crippen molar-refractivity contribution >= 4 is 5.82 Å². The van der Waals surface area contributed by atoms with Gasteiger partial charge < -0.3 is 20.9 Å². The van der Waals surface area contributed by atoms with E-state index in [0.717, 1.165) is 4.57 Å². The summed E-state index contributed by atoms with van der Waals surface area (Å²) in [4.78, 5) is 15.1. The number of aliphatic hydroxyl groups excluding tert-OH is 1. The summed E-state index contributed by atoms with van der Waals surface area (Å²) in [5.41, 5.74) is 4.67. The molecule has 1 fully saturated rings. The highest BCUT2D eigenvalue weighted by atomic mass is 19.1. The lowest BCUT2D eigenvalue weighted by Crippen LogP contribution is -2.42. The van der Waals surface area contributed by atoms with Crippen LogP contribution in [-0.4, -0.2) is 46.6 Å². The van der Waals surface area contributed by atoms with Crippen LogP contribution in [0.1, 0.15) is 6.23 Å². The van der Waals surface area contributed by atoms with Crippen LogP contribution in [0, 0.1) is 0 Å². The fraction of sp³-hybridized carbons (Fsp3) is 0.600. The van der Waals surface area contributed by atoms with Crippen molar-refractivity contribution in [2.24, 2.45) is 0 Å². The van der Waals surface area contributed by atoms with Crippen molar-refractivity contribution < 1.29 is 14.2 Å². The minimum absolute atomic E-state index is 0.0635. The Morgan fingerprint density at radius 3 is 2.94 bits per heavy atom. The third-order valence-electron chi connectivity index (χ3n) is 2.97. The Kier molecular flexibility index (Phi) is 3.60. The Balaban J connectivity index is 2.32. The van der Waals surface area contributed by atoms with Crippen molar-refractivity contribution in [1.82, 2.24) is 14.9 Å². The summed E-state index contributed by atoms with van der Waals surface area (Å²) < 4.78 is 20.5. The molecule has 100 valence electrons. The number of halogens is 1. The second-order valence-electron chi connectivity index (χ2n) is 4.05. The summed E-state index contributed by atoms with van der Waals surface area (Å²) >= 11 is 0. The average Bonchev–Trinajstić information content (AvgIpc) is 2.66. The van der Waals surface area contributed by atoms with E-state index in [1.54, 1.807) is 7.05 Å². The monoisotopic (exact) mass is 258 g/mol. The zero-order chi connectivity index (χ0) is 13.3. The molecule has 7 nitrogen and oxygen atoms in total. The molecule has 0 aliphatic carbocycles. The fourth-order valence-electron chi connectivity index (χ4n) is 2.06. The molecule has 0 radical (unpaired) electrons. The maximum Gasteiger partial charge on any atom is 0.351 e. The van der Waals surface area contributed by atoms with Crippen LogP contribution in [0.5, 0.6) is 0 Å². The molecule has 0 spiro atoms. The van der Waals surface area contributed by atoms with Gasteiger partial charge in [-0.05, 0) is 13.1 Å². The maximum atomic E-state index is 14.1. The van der Waals surface area contributed by atoms with E-state index in [1.165, 1.54) is 12.3 Å². The van der Waals surface area contributed by atoms with Crippen LogP contribution in [0.2, 0.25) is 0 Å². The van der Waals surface area contributed by atoms with E-state index in [1.807, 2.05) is 0 Å². The Hall–Kier alpha value is -1.51. The summed E-state index contributed by atoms with van der Waals surface area (Å²) in [5, 5.41) is 11.8. The minimum atomic E-state index is -1.46. The quantitative estimate of drug-likeness (QED) is 0.619. The topological polar surface area (TPSA) is 102 Å². The highest BCUT2D eigenvalue weighted by Crippen LogP contribution is 2.30. The Bertz CT molecular complexity index is 480. The van der Waals surface area contributed by atoms with E-state index in [2.05, 4.69) is 10.3 Å². The van der Waals surface area contributed by atoms with E-state index in [9.17, 15) is 9.18 Å². The molecule has 1 aliphatic heterocycles. The number of aliphatic hydroxyl groups is 1. The first-order chi connectivity index (χ1) is 8.58. The van der Waals surface area contributed by atoms with Crippen LogP contribution < -0.4 is 16.7 Å². The van der Waals surface area contributed by atoms with Crippen LogP contribution in [0.25, 0.3) is 0 Å². The number of nitrogen functional groups attached to an aromatic ring is 1. The van der Waals surface area contributed by atoms with Gasteiger partial charge in [0.25, 0.3) is 0 Å². The van der Waals surface area contributed by atoms with Crippen molar-refractivity contribution in [3.05, 3.63) is 22.7 Å². The molecule has 0 saturated carbocycles. The summed E-state index contributed by atoms with van der Waals surface area (Å²) in [6.45, 7) is -0.334. The molecule has 1 aliphatic rings. The molecular formula is C10H15FN4O3. The Morgan fingerprint density at radius 2 is 2.44 bits per heavy atom. The van der Waals surface area contributed by atoms with Crippen molar-refractivity contribution in [2.45, 2.75) is 24.5 Å². The first-order valence-corrected chi connectivity index (χ1v) is 5.50. The lowest BCUT2D eigenvalue weighted by atomic mass is 10.1. The van der Waals surface area contributed by atoms with E-state index in [-0.39, 0.29) is 12.4 Å². The molecule has 0 amide bonds. The van der Waals surface area contributed by atoms with E-state index < -0.39 is 30.2 Å². The third kappa shape index (κ3) is 2.09. The van der Waals surface area contributed by atoms with Gasteiger partial charge in [0.2, 0.25) is 0 Å². The van der Waals surface area contributed by atoms with Crippen molar-refractivity contribution in [3.63, 3.8) is 0 Å². The predicted octanol–water partition coefficient (Wildman–Crippen LogP) is -1.36. The molecule has 0 aromatic carbocycles. The van der Waals surface area contributed by atoms with Gasteiger partial charge in [0.1, 0.15) is 11.9 Å². The molecule has 4 atom stereocenters. The highest BCUT2D eigenvalue weighted by molar-refractivity contribution is 5.23. The predicted molar refractivity (Wildman–Crippen MR) is 61.6 cm³/mol. The van der Waals surface area contributed by atoms with Gasteiger partial charge in [-0.25, -0.2) is 9.18 Å². The van der Waals surface area contributed by atoms with Gasteiger partial charge in [-0.1, -0.05) is 0 Å². The van der Waals surface area contributed by atoms with Crippen LogP contribution in [-0.2, 0) is 4.74 Å². The van der Waals surface area contributed by atoms with E-state index in [4.69, 9.17) is 15.6 Å². The number of rotatable bonds is 3. The molecule has 8 heteroatoms. The number of nitrogens with zero attached hydrogens (tertiary/aromatic N) is 2. The van der Waals surface area contributed by atoms with Crippen LogP contribution in [0.4, 0.5) is 10.2 Å². The number of hydrogen-bond donors (Lipinski definition) is 3. The number of hydrogen-bond acceptors (Lipinski definition) is 6. The SMILES string of the molecule is CN[C@@H]1[C@H](F)C(n2ccc(N)nc2=O)O[C@@H]1CO. The molecule has 1 aromatic rings. The number of aromatic nitrogens is 2. The Morgan fingerprint density at radius 1 is 1.72 bits per heavy atom. The molecule has 2 heterocycles. The average molecular weight is 258 g/mol. The highest BCUT2D eigenvalue weighted by Gasteiger charge is 2.45. The fourth-order valence-corrected chi connectivity index (χ4v) is 2.06. The normalized spacial score (nSPS) is 31.7. The summed E-state index contributed by atoms with van der Waals surface area (Å²) in [5.74, 6) is 0.0635. The molecule has 2 rings (SSSR count). The second kappa shape index (κ2) is 5.01. The minimum Gasteiger partial charge on any atom is -0.394 e. The molecule has 1 aromatic heterocycles. The molecule has 18 heavy (non-hydrogen) atoms. The number of ether oxygens (including phenoxy) is 1. The Labute approximate surface area is 102 Å². The third-order valence-corrected chi connectivity index (χ3v) is 2.97. The summed E-state index contributed by atoms with van der Waals surface area (Å²) in [6.07, 6.45) is -1.95. The van der Waals surface area contributed by atoms with Gasteiger partial charge in [-0.2, -0.15) is 4.98 Å². The van der Waals surface area contributed by atoms with Gasteiger partial charge in [0.05, 0.1) is 12.6 Å². The first-order valence-electron chi connectivity index (χ1n) is 5.50. The molecule has 0 bridgehead atoms. The van der Waals surface area contributed by atoms with E-state index in [0.29, 0.717) is 0 Å². The van der Waals surface area contributed by atoms with Gasteiger partial charge in [-0.15, -0.1) is 0 Å². The zero-order valence-corrected chi connectivity index (χ0v) is 9.78. The number of likely N-dealkylation sites (N-methyl/N-ethyl adjacent to an activating group) is 1. The van der Waals surface area contributed by atoms with Crippen molar-refractivity contribution in [1.29, 1.82) is 0 Å². The lowest BCUT2D eigenvalue weighted by Gasteiger charge is -2.16. The lowest BCUT2D eigenvalue weighted by molar-refractivity contribution is -0.0407. The van der Waals surface area contributed by atoms with Gasteiger partial charge in [0, 0.05) is 6.20 Å². The molecule has 4 N–H and O–H groups in total.